The number of nitrogens with one attached hydrogen (secondary N) is 1. The molecule has 98 valence electrons. The van der Waals surface area contributed by atoms with Crippen LogP contribution in [0, 0.1) is 0 Å². The molecule has 2 unspecified atom stereocenters. The van der Waals surface area contributed by atoms with Gasteiger partial charge in [-0.1, -0.05) is 6.92 Å². The molecule has 1 aromatic rings. The number of carbonyl (C=O) groups is 1. The van der Waals surface area contributed by atoms with Crippen molar-refractivity contribution in [3.8, 4) is 0 Å². The minimum Gasteiger partial charge on any atom is -0.469 e. The van der Waals surface area contributed by atoms with E-state index >= 15 is 0 Å². The molecule has 18 heavy (non-hydrogen) atoms. The highest BCUT2D eigenvalue weighted by Crippen LogP contribution is 2.22. The fraction of sp³-hybridized carbons (Fsp3) is 0.643. The summed E-state index contributed by atoms with van der Waals surface area (Å²) in [5.74, 6) is 0.942. The number of carbonyl (C=O) groups excluding carboxylic acids is 1. The van der Waals surface area contributed by atoms with Crippen molar-refractivity contribution in [1.29, 1.82) is 0 Å². The molecular weight excluding hydrogens is 228 g/mol. The zero-order chi connectivity index (χ0) is 12.5. The average Bonchev–Trinajstić information content (AvgIpc) is 2.94. The highest BCUT2D eigenvalue weighted by Gasteiger charge is 2.32. The van der Waals surface area contributed by atoms with Gasteiger partial charge < -0.3 is 14.6 Å². The Morgan fingerprint density at radius 2 is 2.28 bits per heavy atom. The highest BCUT2D eigenvalue weighted by atomic mass is 16.3. The third-order valence-electron chi connectivity index (χ3n) is 4.11. The first-order chi connectivity index (χ1) is 8.78. The van der Waals surface area contributed by atoms with Crippen LogP contribution in [0.4, 0.5) is 0 Å². The molecule has 2 aliphatic heterocycles. The molecule has 0 aliphatic carbocycles. The quantitative estimate of drug-likeness (QED) is 0.868. The van der Waals surface area contributed by atoms with E-state index in [1.54, 1.807) is 12.3 Å². The summed E-state index contributed by atoms with van der Waals surface area (Å²) in [5, 5.41) is 3.59. The van der Waals surface area contributed by atoms with Gasteiger partial charge >= 0.3 is 0 Å². The van der Waals surface area contributed by atoms with E-state index in [1.165, 1.54) is 12.8 Å². The Morgan fingerprint density at radius 3 is 3.11 bits per heavy atom. The summed E-state index contributed by atoms with van der Waals surface area (Å²) in [6.07, 6.45) is 5.92. The first-order valence-corrected chi connectivity index (χ1v) is 6.89. The number of rotatable bonds is 2. The molecule has 3 rings (SSSR count). The molecule has 2 bridgehead atoms. The molecule has 2 aliphatic rings. The maximum atomic E-state index is 12.5. The van der Waals surface area contributed by atoms with Crippen LogP contribution in [0.2, 0.25) is 0 Å². The summed E-state index contributed by atoms with van der Waals surface area (Å²) in [6, 6.07) is 2.90. The lowest BCUT2D eigenvalue weighted by atomic mass is 10.1. The molecule has 0 spiro atoms. The van der Waals surface area contributed by atoms with Gasteiger partial charge in [-0.15, -0.1) is 0 Å². The first kappa shape index (κ1) is 11.8. The van der Waals surface area contributed by atoms with Crippen molar-refractivity contribution >= 4 is 5.91 Å². The maximum Gasteiger partial charge on any atom is 0.257 e. The molecule has 1 amide bonds. The second kappa shape index (κ2) is 4.76. The summed E-state index contributed by atoms with van der Waals surface area (Å²) < 4.78 is 5.36. The fourth-order valence-corrected chi connectivity index (χ4v) is 3.10. The molecule has 4 nitrogen and oxygen atoms in total. The molecular formula is C14H20N2O2. The van der Waals surface area contributed by atoms with Crippen LogP contribution in [-0.2, 0) is 6.42 Å². The summed E-state index contributed by atoms with van der Waals surface area (Å²) in [4.78, 5) is 14.5. The second-order valence-electron chi connectivity index (χ2n) is 5.29. The average molecular weight is 248 g/mol. The van der Waals surface area contributed by atoms with Crippen LogP contribution in [0.3, 0.4) is 0 Å². The Morgan fingerprint density at radius 1 is 1.44 bits per heavy atom. The lowest BCUT2D eigenvalue weighted by molar-refractivity contribution is 0.0746. The lowest BCUT2D eigenvalue weighted by Crippen LogP contribution is -2.39. The van der Waals surface area contributed by atoms with E-state index in [0.717, 1.165) is 37.3 Å². The van der Waals surface area contributed by atoms with Crippen LogP contribution >= 0.6 is 0 Å². The van der Waals surface area contributed by atoms with Crippen molar-refractivity contribution in [2.75, 3.05) is 13.1 Å². The Bertz CT molecular complexity index is 441. The highest BCUT2D eigenvalue weighted by molar-refractivity contribution is 5.95. The maximum absolute atomic E-state index is 12.5. The molecule has 3 heterocycles. The van der Waals surface area contributed by atoms with E-state index in [9.17, 15) is 4.79 Å². The minimum atomic E-state index is 0.134. The van der Waals surface area contributed by atoms with Gasteiger partial charge in [0.2, 0.25) is 0 Å². The fourth-order valence-electron chi connectivity index (χ4n) is 3.10. The van der Waals surface area contributed by atoms with E-state index in [1.807, 2.05) is 11.8 Å². The number of hydrogen-bond acceptors (Lipinski definition) is 3. The van der Waals surface area contributed by atoms with Crippen LogP contribution in [0.25, 0.3) is 0 Å². The van der Waals surface area contributed by atoms with E-state index in [0.29, 0.717) is 12.1 Å². The number of likely N-dealkylation sites (tertiary alicyclic amines) is 1. The Balaban J connectivity index is 1.76. The van der Waals surface area contributed by atoms with Gasteiger partial charge in [0.05, 0.1) is 11.8 Å². The number of fused-ring (bicyclic) bond motifs is 2. The van der Waals surface area contributed by atoms with Crippen molar-refractivity contribution in [3.05, 3.63) is 23.7 Å². The van der Waals surface area contributed by atoms with Crippen LogP contribution in [0.15, 0.2) is 16.7 Å². The van der Waals surface area contributed by atoms with Gasteiger partial charge in [-0.25, -0.2) is 0 Å². The smallest absolute Gasteiger partial charge is 0.257 e. The van der Waals surface area contributed by atoms with E-state index < -0.39 is 0 Å². The van der Waals surface area contributed by atoms with E-state index in [-0.39, 0.29) is 5.91 Å². The summed E-state index contributed by atoms with van der Waals surface area (Å²) in [6.45, 7) is 3.71. The molecule has 2 atom stereocenters. The van der Waals surface area contributed by atoms with Crippen molar-refractivity contribution in [2.24, 2.45) is 0 Å². The van der Waals surface area contributed by atoms with Gasteiger partial charge in [0.25, 0.3) is 5.91 Å². The largest absolute Gasteiger partial charge is 0.469 e. The Labute approximate surface area is 107 Å². The predicted molar refractivity (Wildman–Crippen MR) is 68.6 cm³/mol. The normalized spacial score (nSPS) is 27.3. The van der Waals surface area contributed by atoms with Crippen molar-refractivity contribution in [2.45, 2.75) is 44.7 Å². The predicted octanol–water partition coefficient (Wildman–Crippen LogP) is 1.81. The monoisotopic (exact) mass is 248 g/mol. The standard InChI is InChI=1S/C14H20N2O2/c1-2-13-12(6-8-18-13)14(17)16-7-5-10-3-4-11(9-16)15-10/h6,8,10-11,15H,2-5,7,9H2,1H3. The van der Waals surface area contributed by atoms with Crippen LogP contribution in [0.1, 0.15) is 42.3 Å². The third-order valence-corrected chi connectivity index (χ3v) is 4.11. The molecule has 0 aromatic carbocycles. The van der Waals surface area contributed by atoms with Crippen molar-refractivity contribution < 1.29 is 9.21 Å². The zero-order valence-corrected chi connectivity index (χ0v) is 10.8. The summed E-state index contributed by atoms with van der Waals surface area (Å²) in [5.41, 5.74) is 0.746. The van der Waals surface area contributed by atoms with Crippen molar-refractivity contribution in [1.82, 2.24) is 10.2 Å². The molecule has 4 heteroatoms. The van der Waals surface area contributed by atoms with E-state index in [4.69, 9.17) is 4.42 Å². The molecule has 1 aromatic heterocycles. The van der Waals surface area contributed by atoms with Gasteiger partial charge in [-0.3, -0.25) is 4.79 Å². The molecule has 0 radical (unpaired) electrons. The SMILES string of the molecule is CCc1occc1C(=O)N1CCC2CCC(C1)N2. The Kier molecular flexibility index (Phi) is 3.12. The minimum absolute atomic E-state index is 0.134. The van der Waals surface area contributed by atoms with Crippen LogP contribution in [0.5, 0.6) is 0 Å². The summed E-state index contributed by atoms with van der Waals surface area (Å²) >= 11 is 0. The number of hydrogen-bond donors (Lipinski definition) is 1. The third kappa shape index (κ3) is 2.05. The van der Waals surface area contributed by atoms with Gasteiger partial charge in [0.1, 0.15) is 5.76 Å². The zero-order valence-electron chi connectivity index (χ0n) is 10.8. The topological polar surface area (TPSA) is 45.5 Å². The second-order valence-corrected chi connectivity index (χ2v) is 5.29. The van der Waals surface area contributed by atoms with Gasteiger partial charge in [-0.05, 0) is 25.3 Å². The van der Waals surface area contributed by atoms with Gasteiger partial charge in [-0.2, -0.15) is 0 Å². The molecule has 1 N–H and O–H groups in total. The lowest BCUT2D eigenvalue weighted by Gasteiger charge is -2.24. The number of aryl methyl sites for hydroxylation is 1. The van der Waals surface area contributed by atoms with Gasteiger partial charge in [0, 0.05) is 31.6 Å². The van der Waals surface area contributed by atoms with Crippen molar-refractivity contribution in [3.63, 3.8) is 0 Å². The Hall–Kier alpha value is -1.29. The molecule has 2 fully saturated rings. The van der Waals surface area contributed by atoms with Gasteiger partial charge in [0.15, 0.2) is 0 Å². The number of furan rings is 1. The molecule has 0 saturated carbocycles. The van der Waals surface area contributed by atoms with Crippen LogP contribution in [-0.4, -0.2) is 36.0 Å². The van der Waals surface area contributed by atoms with E-state index in [2.05, 4.69) is 5.32 Å². The summed E-state index contributed by atoms with van der Waals surface area (Å²) in [7, 11) is 0. The first-order valence-electron chi connectivity index (χ1n) is 6.89. The van der Waals surface area contributed by atoms with Crippen LogP contribution < -0.4 is 5.32 Å². The number of nitrogens with zero attached hydrogens (tertiary/aromatic N) is 1. The number of amides is 1. The molecule has 2 saturated heterocycles.